The monoisotopic (exact) mass is 445 g/mol. The fourth-order valence-electron chi connectivity index (χ4n) is 4.56. The Morgan fingerprint density at radius 2 is 1.58 bits per heavy atom. The van der Waals surface area contributed by atoms with Crippen LogP contribution < -0.4 is 20.6 Å². The highest BCUT2D eigenvalue weighted by Crippen LogP contribution is 2.31. The maximum absolute atomic E-state index is 13.3. The van der Waals surface area contributed by atoms with Crippen molar-refractivity contribution >= 4 is 21.8 Å². The minimum Gasteiger partial charge on any atom is -0.486 e. The lowest BCUT2D eigenvalue weighted by atomic mass is 10.1. The smallest absolute Gasteiger partial charge is 0.260 e. The molecule has 2 aliphatic rings. The maximum Gasteiger partial charge on any atom is 0.260 e. The number of aromatic nitrogens is 3. The lowest BCUT2D eigenvalue weighted by molar-refractivity contribution is 0.0963. The molecule has 0 spiro atoms. The molecular formula is C25H23N3O5. The zero-order valence-corrected chi connectivity index (χ0v) is 18.0. The standard InChI is InChI=1S/C25H23N3O5/c29-24-18-13-19-21(6-8-28(25(19)30)15-17-2-1-9-31-17)26-20(18)5-7-27(24)14-16-3-4-22-23(12-16)33-11-10-32-22/h3-8,12-13,17H,1-2,9-11,14-15H2. The summed E-state index contributed by atoms with van der Waals surface area (Å²) in [5, 5.41) is 0.867. The Morgan fingerprint density at radius 1 is 0.848 bits per heavy atom. The molecule has 168 valence electrons. The predicted molar refractivity (Wildman–Crippen MR) is 123 cm³/mol. The molecular weight excluding hydrogens is 422 g/mol. The van der Waals surface area contributed by atoms with Gasteiger partial charge in [0.05, 0.1) is 41.0 Å². The second-order valence-corrected chi connectivity index (χ2v) is 8.49. The highest BCUT2D eigenvalue weighted by molar-refractivity contribution is 5.91. The molecule has 5 heterocycles. The topological polar surface area (TPSA) is 84.6 Å². The van der Waals surface area contributed by atoms with Crippen LogP contribution in [0.3, 0.4) is 0 Å². The molecule has 1 saturated heterocycles. The molecule has 0 aliphatic carbocycles. The number of nitrogens with zero attached hydrogens (tertiary/aromatic N) is 3. The van der Waals surface area contributed by atoms with Gasteiger partial charge in [0.2, 0.25) is 0 Å². The van der Waals surface area contributed by atoms with E-state index in [0.717, 1.165) is 25.0 Å². The van der Waals surface area contributed by atoms with Gasteiger partial charge in [0, 0.05) is 19.0 Å². The molecule has 3 aromatic heterocycles. The van der Waals surface area contributed by atoms with E-state index in [4.69, 9.17) is 14.2 Å². The molecule has 0 N–H and O–H groups in total. The van der Waals surface area contributed by atoms with Crippen molar-refractivity contribution in [3.8, 4) is 11.5 Å². The number of benzene rings is 1. The third-order valence-corrected chi connectivity index (χ3v) is 6.27. The number of hydrogen-bond donors (Lipinski definition) is 0. The van der Waals surface area contributed by atoms with Gasteiger partial charge >= 0.3 is 0 Å². The van der Waals surface area contributed by atoms with Gasteiger partial charge in [-0.2, -0.15) is 0 Å². The summed E-state index contributed by atoms with van der Waals surface area (Å²) in [7, 11) is 0. The van der Waals surface area contributed by atoms with Crippen molar-refractivity contribution < 1.29 is 14.2 Å². The number of rotatable bonds is 4. The van der Waals surface area contributed by atoms with Crippen molar-refractivity contribution in [2.24, 2.45) is 0 Å². The molecule has 33 heavy (non-hydrogen) atoms. The molecule has 6 rings (SSSR count). The molecule has 4 aromatic rings. The predicted octanol–water partition coefficient (Wildman–Crippen LogP) is 2.71. The number of fused-ring (bicyclic) bond motifs is 3. The Bertz CT molecular complexity index is 1480. The van der Waals surface area contributed by atoms with Crippen molar-refractivity contribution in [2.75, 3.05) is 19.8 Å². The van der Waals surface area contributed by atoms with Gasteiger partial charge in [-0.05, 0) is 48.7 Å². The molecule has 1 atom stereocenters. The summed E-state index contributed by atoms with van der Waals surface area (Å²) in [5.74, 6) is 1.40. The minimum atomic E-state index is -0.189. The largest absolute Gasteiger partial charge is 0.486 e. The van der Waals surface area contributed by atoms with Crippen LogP contribution in [0.4, 0.5) is 0 Å². The van der Waals surface area contributed by atoms with Crippen LogP contribution in [0.15, 0.2) is 58.4 Å². The molecule has 8 nitrogen and oxygen atoms in total. The summed E-state index contributed by atoms with van der Waals surface area (Å²) in [6.45, 7) is 2.67. The Kier molecular flexibility index (Phi) is 4.87. The Balaban J connectivity index is 1.38. The molecule has 1 unspecified atom stereocenters. The molecule has 1 aromatic carbocycles. The van der Waals surface area contributed by atoms with Crippen LogP contribution in [0.2, 0.25) is 0 Å². The second kappa shape index (κ2) is 8.04. The third-order valence-electron chi connectivity index (χ3n) is 6.27. The molecule has 0 saturated carbocycles. The van der Waals surface area contributed by atoms with E-state index in [9.17, 15) is 9.59 Å². The average Bonchev–Trinajstić information content (AvgIpc) is 3.35. The summed E-state index contributed by atoms with van der Waals surface area (Å²) < 4.78 is 20.2. The molecule has 1 fully saturated rings. The van der Waals surface area contributed by atoms with Gasteiger partial charge in [-0.1, -0.05) is 6.07 Å². The fraction of sp³-hybridized carbons (Fsp3) is 0.320. The van der Waals surface area contributed by atoms with E-state index >= 15 is 0 Å². The van der Waals surface area contributed by atoms with Crippen LogP contribution >= 0.6 is 0 Å². The lowest BCUT2D eigenvalue weighted by Gasteiger charge is -2.19. The number of ether oxygens (including phenoxy) is 3. The summed E-state index contributed by atoms with van der Waals surface area (Å²) in [6, 6.07) is 11.0. The van der Waals surface area contributed by atoms with Gasteiger partial charge in [0.15, 0.2) is 11.5 Å². The van der Waals surface area contributed by atoms with Gasteiger partial charge < -0.3 is 23.3 Å². The number of pyridine rings is 3. The van der Waals surface area contributed by atoms with Gasteiger partial charge in [-0.3, -0.25) is 9.59 Å². The first-order valence-corrected chi connectivity index (χ1v) is 11.2. The highest BCUT2D eigenvalue weighted by atomic mass is 16.6. The third kappa shape index (κ3) is 3.66. The SMILES string of the molecule is O=c1c2cc3c(=O)n(CC4CCCO4)ccc3nc2ccn1Cc1ccc2c(c1)OCCO2. The Morgan fingerprint density at radius 3 is 2.33 bits per heavy atom. The van der Waals surface area contributed by atoms with E-state index in [0.29, 0.717) is 59.6 Å². The molecule has 0 bridgehead atoms. The van der Waals surface area contributed by atoms with Crippen molar-refractivity contribution in [2.45, 2.75) is 32.0 Å². The first-order chi connectivity index (χ1) is 16.2. The lowest BCUT2D eigenvalue weighted by Crippen LogP contribution is -2.26. The van der Waals surface area contributed by atoms with Crippen LogP contribution in [0, 0.1) is 0 Å². The highest BCUT2D eigenvalue weighted by Gasteiger charge is 2.18. The van der Waals surface area contributed by atoms with Gasteiger partial charge in [-0.15, -0.1) is 0 Å². The fourth-order valence-corrected chi connectivity index (χ4v) is 4.56. The summed E-state index contributed by atoms with van der Waals surface area (Å²) >= 11 is 0. The second-order valence-electron chi connectivity index (χ2n) is 8.49. The maximum atomic E-state index is 13.3. The van der Waals surface area contributed by atoms with Crippen molar-refractivity contribution in [3.05, 3.63) is 75.1 Å². The zero-order valence-electron chi connectivity index (χ0n) is 18.0. The molecule has 8 heteroatoms. The van der Waals surface area contributed by atoms with Crippen molar-refractivity contribution in [3.63, 3.8) is 0 Å². The van der Waals surface area contributed by atoms with Crippen molar-refractivity contribution in [1.29, 1.82) is 0 Å². The Labute approximate surface area is 189 Å². The zero-order chi connectivity index (χ0) is 22.4. The van der Waals surface area contributed by atoms with Crippen LogP contribution in [0.5, 0.6) is 11.5 Å². The van der Waals surface area contributed by atoms with Gasteiger partial charge in [0.25, 0.3) is 11.1 Å². The first-order valence-electron chi connectivity index (χ1n) is 11.2. The van der Waals surface area contributed by atoms with Gasteiger partial charge in [0.1, 0.15) is 13.2 Å². The van der Waals surface area contributed by atoms with Crippen LogP contribution in [0.1, 0.15) is 18.4 Å². The van der Waals surface area contributed by atoms with Crippen LogP contribution in [-0.2, 0) is 17.8 Å². The van der Waals surface area contributed by atoms with Crippen LogP contribution in [-0.4, -0.2) is 40.0 Å². The van der Waals surface area contributed by atoms with Gasteiger partial charge in [-0.25, -0.2) is 4.98 Å². The van der Waals surface area contributed by atoms with E-state index in [-0.39, 0.29) is 17.2 Å². The molecule has 2 aliphatic heterocycles. The van der Waals surface area contributed by atoms with E-state index in [1.807, 2.05) is 30.3 Å². The van der Waals surface area contributed by atoms with Crippen molar-refractivity contribution in [1.82, 2.24) is 14.1 Å². The summed E-state index contributed by atoms with van der Waals surface area (Å²) in [5.41, 5.74) is 1.74. The average molecular weight is 445 g/mol. The Hall–Kier alpha value is -3.65. The quantitative estimate of drug-likeness (QED) is 0.449. The molecule has 0 amide bonds. The van der Waals surface area contributed by atoms with E-state index in [1.54, 1.807) is 27.6 Å². The summed E-state index contributed by atoms with van der Waals surface area (Å²) in [6.07, 6.45) is 5.51. The van der Waals surface area contributed by atoms with E-state index < -0.39 is 0 Å². The van der Waals surface area contributed by atoms with E-state index in [1.165, 1.54) is 0 Å². The first kappa shape index (κ1) is 20.0. The number of hydrogen-bond acceptors (Lipinski definition) is 6. The molecule has 0 radical (unpaired) electrons. The van der Waals surface area contributed by atoms with Crippen LogP contribution in [0.25, 0.3) is 21.8 Å². The normalized spacial score (nSPS) is 17.6. The minimum absolute atomic E-state index is 0.0526. The summed E-state index contributed by atoms with van der Waals surface area (Å²) in [4.78, 5) is 31.0. The van der Waals surface area contributed by atoms with E-state index in [2.05, 4.69) is 4.98 Å².